The first kappa shape index (κ1) is 13.2. The molecule has 1 unspecified atom stereocenters. The number of anilines is 2. The van der Waals surface area contributed by atoms with Gasteiger partial charge in [-0.2, -0.15) is 0 Å². The van der Waals surface area contributed by atoms with Gasteiger partial charge in [-0.25, -0.2) is 0 Å². The Morgan fingerprint density at radius 2 is 1.94 bits per heavy atom. The average molecular weight is 241 g/mol. The number of nitrogen functional groups attached to an aromatic ring is 1. The van der Waals surface area contributed by atoms with E-state index in [1.165, 1.54) is 0 Å². The molecule has 2 nitrogen and oxygen atoms in total. The van der Waals surface area contributed by atoms with Crippen molar-refractivity contribution in [3.8, 4) is 0 Å². The molecule has 3 N–H and O–H groups in total. The van der Waals surface area contributed by atoms with E-state index >= 15 is 0 Å². The van der Waals surface area contributed by atoms with Crippen molar-refractivity contribution in [3.05, 3.63) is 22.7 Å². The SMILES string of the molecule is Cc1cc(N)c(Cl)cc1NCC(C)C(C)C. The van der Waals surface area contributed by atoms with Gasteiger partial charge in [0.25, 0.3) is 0 Å². The topological polar surface area (TPSA) is 38.0 Å². The van der Waals surface area contributed by atoms with Crippen LogP contribution in [-0.2, 0) is 0 Å². The molecular formula is C13H21ClN2. The summed E-state index contributed by atoms with van der Waals surface area (Å²) in [5, 5.41) is 4.04. The van der Waals surface area contributed by atoms with Crippen LogP contribution in [0.4, 0.5) is 11.4 Å². The highest BCUT2D eigenvalue weighted by molar-refractivity contribution is 6.33. The fourth-order valence-corrected chi connectivity index (χ4v) is 1.56. The van der Waals surface area contributed by atoms with Gasteiger partial charge >= 0.3 is 0 Å². The molecular weight excluding hydrogens is 220 g/mol. The Morgan fingerprint density at radius 3 is 2.50 bits per heavy atom. The predicted molar refractivity (Wildman–Crippen MR) is 73.1 cm³/mol. The fraction of sp³-hybridized carbons (Fsp3) is 0.538. The lowest BCUT2D eigenvalue weighted by molar-refractivity contribution is 0.439. The van der Waals surface area contributed by atoms with Gasteiger partial charge in [0.1, 0.15) is 0 Å². The second-order valence-electron chi connectivity index (χ2n) is 4.79. The smallest absolute Gasteiger partial charge is 0.0656 e. The third-order valence-corrected chi connectivity index (χ3v) is 3.42. The number of nitrogens with one attached hydrogen (secondary N) is 1. The van der Waals surface area contributed by atoms with E-state index in [0.717, 1.165) is 17.8 Å². The van der Waals surface area contributed by atoms with Crippen molar-refractivity contribution in [1.29, 1.82) is 0 Å². The van der Waals surface area contributed by atoms with Crippen LogP contribution in [0.2, 0.25) is 5.02 Å². The minimum Gasteiger partial charge on any atom is -0.398 e. The molecule has 16 heavy (non-hydrogen) atoms. The van der Waals surface area contributed by atoms with E-state index in [0.29, 0.717) is 22.5 Å². The fourth-order valence-electron chi connectivity index (χ4n) is 1.40. The minimum absolute atomic E-state index is 0.616. The van der Waals surface area contributed by atoms with Crippen molar-refractivity contribution >= 4 is 23.0 Å². The highest BCUT2D eigenvalue weighted by Gasteiger charge is 2.08. The Kier molecular flexibility index (Phi) is 4.48. The van der Waals surface area contributed by atoms with Crippen LogP contribution < -0.4 is 11.1 Å². The molecule has 0 radical (unpaired) electrons. The van der Waals surface area contributed by atoms with E-state index < -0.39 is 0 Å². The first-order valence-corrected chi connectivity index (χ1v) is 6.09. The van der Waals surface area contributed by atoms with Crippen LogP contribution in [0.1, 0.15) is 26.3 Å². The van der Waals surface area contributed by atoms with Crippen LogP contribution in [-0.4, -0.2) is 6.54 Å². The lowest BCUT2D eigenvalue weighted by Gasteiger charge is -2.18. The van der Waals surface area contributed by atoms with Gasteiger partial charge in [-0.3, -0.25) is 0 Å². The van der Waals surface area contributed by atoms with Crippen LogP contribution in [0.25, 0.3) is 0 Å². The largest absolute Gasteiger partial charge is 0.398 e. The van der Waals surface area contributed by atoms with Crippen molar-refractivity contribution in [3.63, 3.8) is 0 Å². The first-order chi connectivity index (χ1) is 7.41. The van der Waals surface area contributed by atoms with Crippen LogP contribution in [0.5, 0.6) is 0 Å². The summed E-state index contributed by atoms with van der Waals surface area (Å²) >= 11 is 6.00. The number of hydrogen-bond acceptors (Lipinski definition) is 2. The molecule has 0 bridgehead atoms. The van der Waals surface area contributed by atoms with Crippen molar-refractivity contribution in [2.24, 2.45) is 11.8 Å². The van der Waals surface area contributed by atoms with Gasteiger partial charge in [-0.05, 0) is 36.5 Å². The monoisotopic (exact) mass is 240 g/mol. The Balaban J connectivity index is 2.71. The van der Waals surface area contributed by atoms with Crippen molar-refractivity contribution in [2.45, 2.75) is 27.7 Å². The highest BCUT2D eigenvalue weighted by Crippen LogP contribution is 2.27. The van der Waals surface area contributed by atoms with Crippen molar-refractivity contribution in [2.75, 3.05) is 17.6 Å². The van der Waals surface area contributed by atoms with Crippen molar-refractivity contribution in [1.82, 2.24) is 0 Å². The molecule has 1 rings (SSSR count). The highest BCUT2D eigenvalue weighted by atomic mass is 35.5. The zero-order chi connectivity index (χ0) is 12.3. The molecule has 0 spiro atoms. The van der Waals surface area contributed by atoms with Crippen LogP contribution >= 0.6 is 11.6 Å². The molecule has 1 atom stereocenters. The molecule has 3 heteroatoms. The standard InChI is InChI=1S/C13H21ClN2/c1-8(2)10(4)7-16-13-6-11(14)12(15)5-9(13)3/h5-6,8,10,16H,7,15H2,1-4H3. The number of halogens is 1. The molecule has 1 aromatic rings. The molecule has 0 aliphatic carbocycles. The zero-order valence-electron chi connectivity index (χ0n) is 10.5. The van der Waals surface area contributed by atoms with E-state index in [9.17, 15) is 0 Å². The summed E-state index contributed by atoms with van der Waals surface area (Å²) in [5.41, 5.74) is 8.59. The quantitative estimate of drug-likeness (QED) is 0.783. The van der Waals surface area contributed by atoms with Crippen LogP contribution in [0.3, 0.4) is 0 Å². The number of aryl methyl sites for hydroxylation is 1. The Hall–Kier alpha value is -0.890. The normalized spacial score (nSPS) is 12.9. The lowest BCUT2D eigenvalue weighted by atomic mass is 9.98. The number of benzene rings is 1. The van der Waals surface area contributed by atoms with E-state index in [4.69, 9.17) is 17.3 Å². The molecule has 0 saturated heterocycles. The summed E-state index contributed by atoms with van der Waals surface area (Å²) in [6.45, 7) is 9.70. The maximum Gasteiger partial charge on any atom is 0.0656 e. The Labute approximate surface area is 103 Å². The summed E-state index contributed by atoms with van der Waals surface area (Å²) in [6.07, 6.45) is 0. The van der Waals surface area contributed by atoms with Gasteiger partial charge < -0.3 is 11.1 Å². The van der Waals surface area contributed by atoms with Crippen LogP contribution in [0.15, 0.2) is 12.1 Å². The second kappa shape index (κ2) is 5.44. The summed E-state index contributed by atoms with van der Waals surface area (Å²) < 4.78 is 0. The number of hydrogen-bond donors (Lipinski definition) is 2. The van der Waals surface area contributed by atoms with E-state index in [2.05, 4.69) is 26.1 Å². The van der Waals surface area contributed by atoms with Crippen LogP contribution in [0, 0.1) is 18.8 Å². The maximum atomic E-state index is 6.00. The zero-order valence-corrected chi connectivity index (χ0v) is 11.2. The molecule has 0 amide bonds. The van der Waals surface area contributed by atoms with Gasteiger partial charge in [-0.15, -0.1) is 0 Å². The summed E-state index contributed by atoms with van der Waals surface area (Å²) in [7, 11) is 0. The van der Waals surface area contributed by atoms with E-state index in [1.807, 2.05) is 19.1 Å². The van der Waals surface area contributed by atoms with Crippen molar-refractivity contribution < 1.29 is 0 Å². The summed E-state index contributed by atoms with van der Waals surface area (Å²) in [6, 6.07) is 3.81. The molecule has 0 aliphatic heterocycles. The number of nitrogens with two attached hydrogens (primary N) is 1. The lowest BCUT2D eigenvalue weighted by Crippen LogP contribution is -2.16. The Morgan fingerprint density at radius 1 is 1.31 bits per heavy atom. The molecule has 0 aliphatic rings. The number of rotatable bonds is 4. The molecule has 0 aromatic heterocycles. The molecule has 90 valence electrons. The third kappa shape index (κ3) is 3.31. The second-order valence-corrected chi connectivity index (χ2v) is 5.20. The van der Waals surface area contributed by atoms with Gasteiger partial charge in [0.15, 0.2) is 0 Å². The van der Waals surface area contributed by atoms with Gasteiger partial charge in [0.05, 0.1) is 10.7 Å². The van der Waals surface area contributed by atoms with Gasteiger partial charge in [0, 0.05) is 12.2 Å². The summed E-state index contributed by atoms with van der Waals surface area (Å²) in [4.78, 5) is 0. The molecule has 0 heterocycles. The average Bonchev–Trinajstić information content (AvgIpc) is 2.20. The molecule has 1 aromatic carbocycles. The van der Waals surface area contributed by atoms with E-state index in [1.54, 1.807) is 0 Å². The Bertz CT molecular complexity index is 361. The first-order valence-electron chi connectivity index (χ1n) is 5.71. The molecule has 0 saturated carbocycles. The third-order valence-electron chi connectivity index (χ3n) is 3.10. The maximum absolute atomic E-state index is 6.00. The van der Waals surface area contributed by atoms with E-state index in [-0.39, 0.29) is 0 Å². The molecule has 0 fully saturated rings. The minimum atomic E-state index is 0.616. The predicted octanol–water partition coefficient (Wildman–Crippen LogP) is 3.93. The van der Waals surface area contributed by atoms with Gasteiger partial charge in [0.2, 0.25) is 0 Å². The van der Waals surface area contributed by atoms with Gasteiger partial charge in [-0.1, -0.05) is 32.4 Å². The summed E-state index contributed by atoms with van der Waals surface area (Å²) in [5.74, 6) is 1.31.